The van der Waals surface area contributed by atoms with Crippen LogP contribution in [0, 0.1) is 23.7 Å². The third-order valence-corrected chi connectivity index (χ3v) is 11.6. The van der Waals surface area contributed by atoms with E-state index < -0.39 is 10.0 Å². The number of carbonyl (C=O) groups is 1. The molecular formula is C31H40N2O3S. The second-order valence-electron chi connectivity index (χ2n) is 12.4. The summed E-state index contributed by atoms with van der Waals surface area (Å²) in [4.78, 5) is 13.1. The van der Waals surface area contributed by atoms with Crippen LogP contribution in [0.15, 0.2) is 54.6 Å². The number of amides is 1. The van der Waals surface area contributed by atoms with Crippen molar-refractivity contribution < 1.29 is 13.2 Å². The maximum atomic E-state index is 13.1. The highest BCUT2D eigenvalue weighted by atomic mass is 32.2. The number of aryl methyl sites for hydroxylation is 1. The molecule has 1 heterocycles. The summed E-state index contributed by atoms with van der Waals surface area (Å²) >= 11 is 0. The maximum absolute atomic E-state index is 13.1. The van der Waals surface area contributed by atoms with Crippen molar-refractivity contribution in [3.05, 3.63) is 65.7 Å². The number of sulfonamides is 1. The smallest absolute Gasteiger partial charge is 0.228 e. The molecule has 2 aromatic rings. The molecule has 0 aromatic heterocycles. The second-order valence-corrected chi connectivity index (χ2v) is 14.5. The van der Waals surface area contributed by atoms with E-state index >= 15 is 0 Å². The number of nitrogens with one attached hydrogen (secondary N) is 1. The molecule has 1 aliphatic heterocycles. The van der Waals surface area contributed by atoms with Crippen LogP contribution in [0.3, 0.4) is 0 Å². The Morgan fingerprint density at radius 1 is 0.919 bits per heavy atom. The van der Waals surface area contributed by atoms with Crippen molar-refractivity contribution in [2.45, 2.75) is 69.6 Å². The molecule has 4 saturated carbocycles. The van der Waals surface area contributed by atoms with Crippen molar-refractivity contribution >= 4 is 21.6 Å². The largest absolute Gasteiger partial charge is 0.326 e. The van der Waals surface area contributed by atoms with E-state index in [1.165, 1.54) is 44.1 Å². The lowest BCUT2D eigenvalue weighted by Gasteiger charge is -2.57. The minimum Gasteiger partial charge on any atom is -0.326 e. The molecule has 1 amide bonds. The normalized spacial score (nSPS) is 31.4. The third kappa shape index (κ3) is 5.37. The van der Waals surface area contributed by atoms with Crippen LogP contribution in [0.2, 0.25) is 0 Å². The number of carbonyl (C=O) groups excluding carboxylic acids is 1. The van der Waals surface area contributed by atoms with Crippen molar-refractivity contribution in [1.29, 1.82) is 0 Å². The molecule has 5 fully saturated rings. The van der Waals surface area contributed by atoms with E-state index in [1.807, 2.05) is 30.3 Å². The minimum absolute atomic E-state index is 0.0632. The topological polar surface area (TPSA) is 66.5 Å². The van der Waals surface area contributed by atoms with Crippen molar-refractivity contribution in [3.8, 4) is 0 Å². The lowest BCUT2D eigenvalue weighted by molar-refractivity contribution is -0.120. The molecular weight excluding hydrogens is 480 g/mol. The Hall–Kier alpha value is -2.18. The SMILES string of the molecule is O=C(Nc1ccc(C23CC4CC(CC(C4)C2)C3)cc1)[C@@H]1CCCN(S(=O)(=O)CCCc2ccccc2)C1. The van der Waals surface area contributed by atoms with Crippen molar-refractivity contribution in [1.82, 2.24) is 4.31 Å². The average molecular weight is 521 g/mol. The maximum Gasteiger partial charge on any atom is 0.228 e. The predicted molar refractivity (Wildman–Crippen MR) is 148 cm³/mol. The highest BCUT2D eigenvalue weighted by Gasteiger charge is 2.51. The fraction of sp³-hybridized carbons (Fsp3) is 0.581. The van der Waals surface area contributed by atoms with E-state index in [2.05, 4.69) is 29.6 Å². The molecule has 0 spiro atoms. The van der Waals surface area contributed by atoms with Crippen LogP contribution < -0.4 is 5.32 Å². The van der Waals surface area contributed by atoms with Gasteiger partial charge in [0.1, 0.15) is 0 Å². The number of benzene rings is 2. The molecule has 4 bridgehead atoms. The lowest BCUT2D eigenvalue weighted by atomic mass is 9.48. The number of hydrogen-bond donors (Lipinski definition) is 1. The van der Waals surface area contributed by atoms with Gasteiger partial charge in [-0.1, -0.05) is 42.5 Å². The Morgan fingerprint density at radius 2 is 1.57 bits per heavy atom. The number of hydrogen-bond acceptors (Lipinski definition) is 3. The van der Waals surface area contributed by atoms with E-state index in [-0.39, 0.29) is 24.1 Å². The van der Waals surface area contributed by atoms with Crippen LogP contribution in [-0.4, -0.2) is 37.5 Å². The number of nitrogens with zero attached hydrogens (tertiary/aromatic N) is 1. The van der Waals surface area contributed by atoms with Crippen LogP contribution in [0.4, 0.5) is 5.69 Å². The molecule has 5 aliphatic rings. The van der Waals surface area contributed by atoms with Crippen molar-refractivity contribution in [3.63, 3.8) is 0 Å². The highest BCUT2D eigenvalue weighted by Crippen LogP contribution is 2.60. The van der Waals surface area contributed by atoms with Crippen LogP contribution in [0.25, 0.3) is 0 Å². The Labute approximate surface area is 222 Å². The minimum atomic E-state index is -3.37. The highest BCUT2D eigenvalue weighted by molar-refractivity contribution is 7.89. The lowest BCUT2D eigenvalue weighted by Crippen LogP contribution is -2.48. The zero-order valence-corrected chi connectivity index (χ0v) is 22.6. The first-order chi connectivity index (χ1) is 17.9. The molecule has 0 radical (unpaired) electrons. The zero-order valence-electron chi connectivity index (χ0n) is 21.8. The summed E-state index contributed by atoms with van der Waals surface area (Å²) in [6.07, 6.45) is 11.1. The van der Waals surface area contributed by atoms with Gasteiger partial charge in [0.2, 0.25) is 15.9 Å². The summed E-state index contributed by atoms with van der Waals surface area (Å²) in [5, 5.41) is 3.09. The molecule has 1 N–H and O–H groups in total. The molecule has 2 aromatic carbocycles. The summed E-state index contributed by atoms with van der Waals surface area (Å²) in [6, 6.07) is 18.6. The fourth-order valence-electron chi connectivity index (χ4n) is 8.26. The molecule has 1 saturated heterocycles. The summed E-state index contributed by atoms with van der Waals surface area (Å²) in [6.45, 7) is 0.794. The van der Waals surface area contributed by atoms with Gasteiger partial charge in [0, 0.05) is 18.8 Å². The Morgan fingerprint density at radius 3 is 2.22 bits per heavy atom. The third-order valence-electron chi connectivity index (χ3n) is 9.66. The van der Waals surface area contributed by atoms with Gasteiger partial charge >= 0.3 is 0 Å². The van der Waals surface area contributed by atoms with Gasteiger partial charge in [-0.25, -0.2) is 12.7 Å². The van der Waals surface area contributed by atoms with Crippen LogP contribution in [0.1, 0.15) is 68.9 Å². The van der Waals surface area contributed by atoms with Gasteiger partial charge in [0.25, 0.3) is 0 Å². The molecule has 6 heteroatoms. The van der Waals surface area contributed by atoms with Crippen molar-refractivity contribution in [2.24, 2.45) is 23.7 Å². The van der Waals surface area contributed by atoms with Crippen LogP contribution >= 0.6 is 0 Å². The average Bonchev–Trinajstić information content (AvgIpc) is 2.89. The molecule has 7 rings (SSSR count). The monoisotopic (exact) mass is 520 g/mol. The Balaban J connectivity index is 1.04. The molecule has 198 valence electrons. The molecule has 0 unspecified atom stereocenters. The van der Waals surface area contributed by atoms with Gasteiger partial charge in [0.15, 0.2) is 0 Å². The van der Waals surface area contributed by atoms with E-state index in [9.17, 15) is 13.2 Å². The van der Waals surface area contributed by atoms with Gasteiger partial charge in [-0.05, 0) is 111 Å². The van der Waals surface area contributed by atoms with Gasteiger partial charge < -0.3 is 5.32 Å². The van der Waals surface area contributed by atoms with Crippen LogP contribution in [-0.2, 0) is 26.7 Å². The first-order valence-corrected chi connectivity index (χ1v) is 15.9. The second kappa shape index (κ2) is 10.2. The summed E-state index contributed by atoms with van der Waals surface area (Å²) in [7, 11) is -3.37. The van der Waals surface area contributed by atoms with E-state index in [1.54, 1.807) is 4.31 Å². The molecule has 37 heavy (non-hydrogen) atoms. The zero-order chi connectivity index (χ0) is 25.5. The van der Waals surface area contributed by atoms with Gasteiger partial charge in [-0.15, -0.1) is 0 Å². The van der Waals surface area contributed by atoms with E-state index in [4.69, 9.17) is 0 Å². The number of piperidine rings is 1. The van der Waals surface area contributed by atoms with Crippen LogP contribution in [0.5, 0.6) is 0 Å². The number of anilines is 1. The number of rotatable bonds is 8. The summed E-state index contributed by atoms with van der Waals surface area (Å²) in [5.41, 5.74) is 3.79. The summed E-state index contributed by atoms with van der Waals surface area (Å²) < 4.78 is 27.5. The first-order valence-electron chi connectivity index (χ1n) is 14.3. The van der Waals surface area contributed by atoms with E-state index in [0.29, 0.717) is 18.4 Å². The summed E-state index contributed by atoms with van der Waals surface area (Å²) in [5.74, 6) is 2.49. The molecule has 1 atom stereocenters. The van der Waals surface area contributed by atoms with Gasteiger partial charge in [0.05, 0.1) is 11.7 Å². The quantitative estimate of drug-likeness (QED) is 0.481. The molecule has 4 aliphatic carbocycles. The Bertz CT molecular complexity index is 1170. The standard InChI is InChI=1S/C31H40N2O3S/c34-30(27-9-4-14-33(22-27)37(35,36)15-5-8-23-6-2-1-3-7-23)32-29-12-10-28(11-13-29)31-19-24-16-25(20-31)18-26(17-24)21-31/h1-3,6-7,10-13,24-27H,4-5,8-9,14-22H2,(H,32,34)/t24?,25?,26?,27-,31?/m1/s1. The fourth-order valence-corrected chi connectivity index (χ4v) is 9.84. The van der Waals surface area contributed by atoms with Gasteiger partial charge in [-0.2, -0.15) is 0 Å². The van der Waals surface area contributed by atoms with E-state index in [0.717, 1.165) is 48.3 Å². The van der Waals surface area contributed by atoms with Gasteiger partial charge in [-0.3, -0.25) is 4.79 Å². The molecule has 5 nitrogen and oxygen atoms in total. The predicted octanol–water partition coefficient (Wildman–Crippen LogP) is 5.77. The Kier molecular flexibility index (Phi) is 6.91. The van der Waals surface area contributed by atoms with Crippen molar-refractivity contribution in [2.75, 3.05) is 24.2 Å². The first kappa shape index (κ1) is 25.1.